The Balaban J connectivity index is 2.09. The van der Waals surface area contributed by atoms with E-state index in [2.05, 4.69) is 5.43 Å². The number of ether oxygens (including phenoxy) is 1. The van der Waals surface area contributed by atoms with Gasteiger partial charge in [0, 0.05) is 6.42 Å². The van der Waals surface area contributed by atoms with Crippen LogP contribution in [0.25, 0.3) is 0 Å². The molecule has 17 heavy (non-hydrogen) atoms. The third kappa shape index (κ3) is 2.81. The summed E-state index contributed by atoms with van der Waals surface area (Å²) in [7, 11) is 0. The van der Waals surface area contributed by atoms with Gasteiger partial charge in [0.2, 0.25) is 0 Å². The quantitative estimate of drug-likeness (QED) is 0.621. The van der Waals surface area contributed by atoms with Crippen molar-refractivity contribution in [3.8, 4) is 0 Å². The van der Waals surface area contributed by atoms with E-state index in [0.29, 0.717) is 18.6 Å². The summed E-state index contributed by atoms with van der Waals surface area (Å²) < 4.78 is 31.2. The van der Waals surface area contributed by atoms with Gasteiger partial charge in [-0.05, 0) is 30.2 Å². The molecule has 0 amide bonds. The molecule has 1 aliphatic rings. The molecule has 0 saturated carbocycles. The van der Waals surface area contributed by atoms with E-state index in [4.69, 9.17) is 10.6 Å². The second kappa shape index (κ2) is 5.25. The van der Waals surface area contributed by atoms with Crippen LogP contribution in [-0.2, 0) is 11.2 Å². The van der Waals surface area contributed by atoms with Crippen LogP contribution in [0.4, 0.5) is 8.78 Å². The molecule has 92 valence electrons. The Kier molecular flexibility index (Phi) is 3.71. The topological polar surface area (TPSA) is 47.3 Å². The average molecular weight is 240 g/mol. The van der Waals surface area contributed by atoms with Crippen molar-refractivity contribution < 1.29 is 13.5 Å². The Bertz CT molecular complexity index is 435. The third-order valence-corrected chi connectivity index (χ3v) is 2.70. The van der Waals surface area contributed by atoms with Gasteiger partial charge in [-0.3, -0.25) is 5.84 Å². The largest absolute Gasteiger partial charge is 0.496 e. The molecular formula is C12H14F2N2O. The molecular weight excluding hydrogens is 226 g/mol. The molecule has 3 nitrogen and oxygen atoms in total. The summed E-state index contributed by atoms with van der Waals surface area (Å²) in [5, 5.41) is 0. The van der Waals surface area contributed by atoms with Crippen LogP contribution in [0.3, 0.4) is 0 Å². The minimum Gasteiger partial charge on any atom is -0.496 e. The molecule has 0 saturated heterocycles. The number of nitrogens with two attached hydrogens (primary N) is 1. The van der Waals surface area contributed by atoms with Crippen molar-refractivity contribution in [1.29, 1.82) is 0 Å². The van der Waals surface area contributed by atoms with Gasteiger partial charge in [0.05, 0.1) is 12.6 Å². The van der Waals surface area contributed by atoms with Gasteiger partial charge >= 0.3 is 0 Å². The number of nitrogens with one attached hydrogen (secondary N) is 1. The van der Waals surface area contributed by atoms with E-state index < -0.39 is 11.6 Å². The molecule has 0 spiro atoms. The smallest absolute Gasteiger partial charge is 0.159 e. The summed E-state index contributed by atoms with van der Waals surface area (Å²) in [5.41, 5.74) is 3.29. The minimum absolute atomic E-state index is 0.206. The lowest BCUT2D eigenvalue weighted by molar-refractivity contribution is 0.214. The number of benzene rings is 1. The molecule has 0 fully saturated rings. The predicted octanol–water partition coefficient (Wildman–Crippen LogP) is 1.64. The zero-order chi connectivity index (χ0) is 12.3. The van der Waals surface area contributed by atoms with E-state index in [-0.39, 0.29) is 6.04 Å². The van der Waals surface area contributed by atoms with Crippen molar-refractivity contribution in [2.24, 2.45) is 5.84 Å². The lowest BCUT2D eigenvalue weighted by Gasteiger charge is -2.17. The van der Waals surface area contributed by atoms with Gasteiger partial charge in [0.15, 0.2) is 11.6 Å². The molecule has 1 aliphatic heterocycles. The molecule has 3 N–H and O–H groups in total. The van der Waals surface area contributed by atoms with E-state index in [1.54, 1.807) is 0 Å². The molecule has 1 heterocycles. The summed E-state index contributed by atoms with van der Waals surface area (Å²) in [5.74, 6) is 4.50. The SMILES string of the molecule is NNC(Cc1ccc(F)c(F)c1)C1=CCCO1. The number of rotatable bonds is 4. The molecule has 0 aliphatic carbocycles. The fourth-order valence-corrected chi connectivity index (χ4v) is 1.82. The standard InChI is InChI=1S/C12H14F2N2O/c13-9-4-3-8(6-10(9)14)7-11(16-15)12-2-1-5-17-12/h2-4,6,11,16H,1,5,7,15H2. The molecule has 1 atom stereocenters. The highest BCUT2D eigenvalue weighted by Gasteiger charge is 2.18. The van der Waals surface area contributed by atoms with Crippen LogP contribution in [0, 0.1) is 11.6 Å². The first-order valence-electron chi connectivity index (χ1n) is 5.43. The van der Waals surface area contributed by atoms with Crippen molar-refractivity contribution in [2.45, 2.75) is 18.9 Å². The summed E-state index contributed by atoms with van der Waals surface area (Å²) in [6.45, 7) is 0.644. The van der Waals surface area contributed by atoms with Crippen molar-refractivity contribution >= 4 is 0 Å². The Morgan fingerprint density at radius 2 is 2.18 bits per heavy atom. The predicted molar refractivity (Wildman–Crippen MR) is 59.8 cm³/mol. The number of hydrogen-bond acceptors (Lipinski definition) is 3. The number of hydrazine groups is 1. The second-order valence-corrected chi connectivity index (χ2v) is 3.92. The van der Waals surface area contributed by atoms with E-state index in [9.17, 15) is 8.78 Å². The van der Waals surface area contributed by atoms with Gasteiger partial charge in [-0.1, -0.05) is 6.07 Å². The highest BCUT2D eigenvalue weighted by atomic mass is 19.2. The molecule has 5 heteroatoms. The Morgan fingerprint density at radius 1 is 1.35 bits per heavy atom. The van der Waals surface area contributed by atoms with Gasteiger partial charge in [-0.2, -0.15) is 0 Å². The highest BCUT2D eigenvalue weighted by molar-refractivity contribution is 5.21. The summed E-state index contributed by atoms with van der Waals surface area (Å²) in [4.78, 5) is 0. The highest BCUT2D eigenvalue weighted by Crippen LogP contribution is 2.18. The van der Waals surface area contributed by atoms with E-state index in [0.717, 1.165) is 18.2 Å². The third-order valence-electron chi connectivity index (χ3n) is 2.70. The average Bonchev–Trinajstić information content (AvgIpc) is 2.84. The molecule has 0 radical (unpaired) electrons. The minimum atomic E-state index is -0.848. The van der Waals surface area contributed by atoms with Crippen molar-refractivity contribution in [1.82, 2.24) is 5.43 Å². The Labute approximate surface area is 98.2 Å². The normalized spacial score (nSPS) is 16.5. The monoisotopic (exact) mass is 240 g/mol. The van der Waals surface area contributed by atoms with Gasteiger partial charge in [-0.25, -0.2) is 14.2 Å². The second-order valence-electron chi connectivity index (χ2n) is 3.92. The van der Waals surface area contributed by atoms with Crippen LogP contribution in [0.2, 0.25) is 0 Å². The lowest BCUT2D eigenvalue weighted by Crippen LogP contribution is -2.38. The zero-order valence-electron chi connectivity index (χ0n) is 9.25. The Hall–Kier alpha value is -1.46. The van der Waals surface area contributed by atoms with Gasteiger partial charge in [-0.15, -0.1) is 0 Å². The van der Waals surface area contributed by atoms with E-state index >= 15 is 0 Å². The molecule has 1 aromatic rings. The summed E-state index contributed by atoms with van der Waals surface area (Å²) >= 11 is 0. The van der Waals surface area contributed by atoms with Gasteiger partial charge in [0.1, 0.15) is 5.76 Å². The molecule has 1 unspecified atom stereocenters. The first-order chi connectivity index (χ1) is 8.20. The molecule has 2 rings (SSSR count). The molecule has 0 aromatic heterocycles. The number of hydrogen-bond donors (Lipinski definition) is 2. The van der Waals surface area contributed by atoms with E-state index in [1.165, 1.54) is 12.1 Å². The van der Waals surface area contributed by atoms with Crippen molar-refractivity contribution in [3.05, 3.63) is 47.2 Å². The fourth-order valence-electron chi connectivity index (χ4n) is 1.82. The molecule has 0 bridgehead atoms. The van der Waals surface area contributed by atoms with Crippen molar-refractivity contribution in [3.63, 3.8) is 0 Å². The van der Waals surface area contributed by atoms with Crippen LogP contribution in [0.15, 0.2) is 30.0 Å². The maximum absolute atomic E-state index is 13.0. The lowest BCUT2D eigenvalue weighted by atomic mass is 10.0. The first kappa shape index (κ1) is 12.0. The fraction of sp³-hybridized carbons (Fsp3) is 0.333. The first-order valence-corrected chi connectivity index (χ1v) is 5.43. The zero-order valence-corrected chi connectivity index (χ0v) is 9.25. The number of halogens is 2. The van der Waals surface area contributed by atoms with E-state index in [1.807, 2.05) is 6.08 Å². The van der Waals surface area contributed by atoms with Crippen LogP contribution in [-0.4, -0.2) is 12.6 Å². The molecule has 1 aromatic carbocycles. The van der Waals surface area contributed by atoms with Crippen molar-refractivity contribution in [2.75, 3.05) is 6.61 Å². The van der Waals surface area contributed by atoms with Gasteiger partial charge < -0.3 is 4.74 Å². The Morgan fingerprint density at radius 3 is 2.76 bits per heavy atom. The van der Waals surface area contributed by atoms with Crippen LogP contribution >= 0.6 is 0 Å². The summed E-state index contributed by atoms with van der Waals surface area (Å²) in [6.07, 6.45) is 3.26. The maximum Gasteiger partial charge on any atom is 0.159 e. The van der Waals surface area contributed by atoms with Crippen LogP contribution in [0.1, 0.15) is 12.0 Å². The van der Waals surface area contributed by atoms with Crippen LogP contribution in [0.5, 0.6) is 0 Å². The van der Waals surface area contributed by atoms with Crippen LogP contribution < -0.4 is 11.3 Å². The maximum atomic E-state index is 13.0. The summed E-state index contributed by atoms with van der Waals surface area (Å²) in [6, 6.07) is 3.62. The van der Waals surface area contributed by atoms with Gasteiger partial charge in [0.25, 0.3) is 0 Å².